The van der Waals surface area contributed by atoms with Gasteiger partial charge in [-0.15, -0.1) is 0 Å². The molecule has 3 rings (SSSR count). The van der Waals surface area contributed by atoms with E-state index < -0.39 is 11.9 Å². The van der Waals surface area contributed by atoms with Crippen LogP contribution in [0.25, 0.3) is 0 Å². The molecule has 9 heteroatoms. The van der Waals surface area contributed by atoms with Crippen molar-refractivity contribution in [2.24, 2.45) is 0 Å². The highest BCUT2D eigenvalue weighted by atomic mass is 16.5. The Bertz CT molecular complexity index is 830. The van der Waals surface area contributed by atoms with Crippen LogP contribution in [-0.2, 0) is 19.1 Å². The van der Waals surface area contributed by atoms with Crippen molar-refractivity contribution in [2.45, 2.75) is 90.4 Å². The molecule has 0 aliphatic carbocycles. The van der Waals surface area contributed by atoms with Gasteiger partial charge in [0.25, 0.3) is 11.8 Å². The number of carbonyl (C=O) groups is 4. The third kappa shape index (κ3) is 6.12. The van der Waals surface area contributed by atoms with Crippen molar-refractivity contribution in [1.82, 2.24) is 14.8 Å². The molecule has 1 aromatic rings. The number of hydrogen-bond donors (Lipinski definition) is 0. The summed E-state index contributed by atoms with van der Waals surface area (Å²) in [6, 6.07) is 4.69. The fourth-order valence-corrected chi connectivity index (χ4v) is 5.04. The summed E-state index contributed by atoms with van der Waals surface area (Å²) in [5, 5.41) is 0. The van der Waals surface area contributed by atoms with Crippen molar-refractivity contribution in [3.05, 3.63) is 29.6 Å². The normalized spacial score (nSPS) is 24.9. The molecule has 0 spiro atoms. The highest BCUT2D eigenvalue weighted by molar-refractivity contribution is 5.93. The maximum Gasteiger partial charge on any atom is 0.357 e. The molecule has 0 radical (unpaired) electrons. The number of likely N-dealkylation sites (tertiary alicyclic amines) is 2. The minimum atomic E-state index is -0.799. The largest absolute Gasteiger partial charge is 0.451 e. The molecule has 34 heavy (non-hydrogen) atoms. The number of nitrogens with zero attached hydrogens (tertiary/aromatic N) is 3. The van der Waals surface area contributed by atoms with Crippen LogP contribution in [0.1, 0.15) is 87.2 Å². The summed E-state index contributed by atoms with van der Waals surface area (Å²) in [7, 11) is 0. The summed E-state index contributed by atoms with van der Waals surface area (Å²) in [5.74, 6) is -2.09. The van der Waals surface area contributed by atoms with Gasteiger partial charge in [0, 0.05) is 24.2 Å². The number of aromatic nitrogens is 1. The molecule has 1 aromatic heterocycles. The van der Waals surface area contributed by atoms with Gasteiger partial charge in [-0.05, 0) is 78.4 Å². The van der Waals surface area contributed by atoms with Gasteiger partial charge in [0.2, 0.25) is 0 Å². The van der Waals surface area contributed by atoms with E-state index in [0.717, 1.165) is 38.5 Å². The van der Waals surface area contributed by atoms with Gasteiger partial charge in [0.1, 0.15) is 11.4 Å². The fraction of sp³-hybridized carbons (Fsp3) is 0.640. The first-order valence-corrected chi connectivity index (χ1v) is 12.1. The van der Waals surface area contributed by atoms with Gasteiger partial charge >= 0.3 is 11.9 Å². The van der Waals surface area contributed by atoms with Crippen LogP contribution < -0.4 is 0 Å². The summed E-state index contributed by atoms with van der Waals surface area (Å²) in [5.41, 5.74) is -0.210. The van der Waals surface area contributed by atoms with E-state index in [2.05, 4.69) is 4.98 Å². The molecule has 0 saturated carbocycles. The molecule has 2 amide bonds. The zero-order valence-electron chi connectivity index (χ0n) is 20.5. The van der Waals surface area contributed by atoms with Gasteiger partial charge in [-0.1, -0.05) is 6.07 Å². The maximum absolute atomic E-state index is 12.6. The first-order chi connectivity index (χ1) is 16.2. The predicted molar refractivity (Wildman–Crippen MR) is 124 cm³/mol. The van der Waals surface area contributed by atoms with Gasteiger partial charge in [0.05, 0.1) is 0 Å². The zero-order chi connectivity index (χ0) is 24.8. The smallest absolute Gasteiger partial charge is 0.357 e. The molecule has 2 fully saturated rings. The third-order valence-corrected chi connectivity index (χ3v) is 6.78. The molecule has 2 aliphatic heterocycles. The van der Waals surface area contributed by atoms with Crippen LogP contribution in [0, 0.1) is 0 Å². The number of esters is 2. The molecule has 4 unspecified atom stereocenters. The lowest BCUT2D eigenvalue weighted by Gasteiger charge is -2.38. The molecule has 4 atom stereocenters. The first kappa shape index (κ1) is 25.6. The number of piperidine rings is 2. The molecule has 0 bridgehead atoms. The molecule has 186 valence electrons. The number of ether oxygens (including phenoxy) is 2. The Morgan fingerprint density at radius 2 is 1.09 bits per heavy atom. The Kier molecular flexibility index (Phi) is 8.63. The average molecular weight is 474 g/mol. The van der Waals surface area contributed by atoms with Crippen molar-refractivity contribution in [3.8, 4) is 0 Å². The number of amides is 2. The van der Waals surface area contributed by atoms with E-state index >= 15 is 0 Å². The SMILES string of the molecule is CC1CCCC(C)N1C(=O)COC(=O)c1cccc(C(=O)OCC(=O)N2C(C)CCCC2C)n1. The van der Waals surface area contributed by atoms with Crippen LogP contribution in [-0.4, -0.2) is 75.9 Å². The minimum Gasteiger partial charge on any atom is -0.451 e. The number of pyridine rings is 1. The van der Waals surface area contributed by atoms with E-state index in [0.29, 0.717) is 0 Å². The van der Waals surface area contributed by atoms with Crippen molar-refractivity contribution in [1.29, 1.82) is 0 Å². The number of carbonyl (C=O) groups excluding carboxylic acids is 4. The van der Waals surface area contributed by atoms with Crippen molar-refractivity contribution >= 4 is 23.8 Å². The van der Waals surface area contributed by atoms with Crippen molar-refractivity contribution in [3.63, 3.8) is 0 Å². The van der Waals surface area contributed by atoms with Gasteiger partial charge in [0.15, 0.2) is 13.2 Å². The maximum atomic E-state index is 12.6. The quantitative estimate of drug-likeness (QED) is 0.585. The number of hydrogen-bond acceptors (Lipinski definition) is 7. The second-order valence-corrected chi connectivity index (χ2v) is 9.42. The third-order valence-electron chi connectivity index (χ3n) is 6.78. The molecular formula is C25H35N3O6. The predicted octanol–water partition coefficient (Wildman–Crippen LogP) is 2.97. The average Bonchev–Trinajstić information content (AvgIpc) is 2.80. The summed E-state index contributed by atoms with van der Waals surface area (Å²) >= 11 is 0. The van der Waals surface area contributed by atoms with Gasteiger partial charge in [-0.25, -0.2) is 14.6 Å². The lowest BCUT2D eigenvalue weighted by atomic mass is 9.97. The molecule has 2 saturated heterocycles. The van der Waals surface area contributed by atoms with Crippen molar-refractivity contribution < 1.29 is 28.7 Å². The van der Waals surface area contributed by atoms with Gasteiger partial charge < -0.3 is 19.3 Å². The topological polar surface area (TPSA) is 106 Å². The lowest BCUT2D eigenvalue weighted by Crippen LogP contribution is -2.49. The minimum absolute atomic E-state index is 0.102. The molecule has 0 aromatic carbocycles. The summed E-state index contributed by atoms with van der Waals surface area (Å²) < 4.78 is 10.3. The van der Waals surface area contributed by atoms with Crippen LogP contribution in [0.2, 0.25) is 0 Å². The highest BCUT2D eigenvalue weighted by Gasteiger charge is 2.31. The second-order valence-electron chi connectivity index (χ2n) is 9.42. The monoisotopic (exact) mass is 473 g/mol. The van der Waals surface area contributed by atoms with E-state index in [1.54, 1.807) is 9.80 Å². The van der Waals surface area contributed by atoms with Crippen LogP contribution in [0.4, 0.5) is 0 Å². The van der Waals surface area contributed by atoms with Gasteiger partial charge in [-0.3, -0.25) is 9.59 Å². The first-order valence-electron chi connectivity index (χ1n) is 12.1. The van der Waals surface area contributed by atoms with E-state index in [1.807, 2.05) is 27.7 Å². The highest BCUT2D eigenvalue weighted by Crippen LogP contribution is 2.23. The molecule has 3 heterocycles. The van der Waals surface area contributed by atoms with E-state index in [4.69, 9.17) is 9.47 Å². The second kappa shape index (κ2) is 11.4. The zero-order valence-corrected chi connectivity index (χ0v) is 20.5. The van der Waals surface area contributed by atoms with Crippen LogP contribution in [0.3, 0.4) is 0 Å². The van der Waals surface area contributed by atoms with Crippen molar-refractivity contribution in [2.75, 3.05) is 13.2 Å². The summed E-state index contributed by atoms with van der Waals surface area (Å²) in [6.45, 7) is 7.19. The fourth-order valence-electron chi connectivity index (χ4n) is 5.04. The Morgan fingerprint density at radius 3 is 1.44 bits per heavy atom. The Balaban J connectivity index is 1.54. The Morgan fingerprint density at radius 1 is 0.735 bits per heavy atom. The van der Waals surface area contributed by atoms with E-state index in [-0.39, 0.29) is 60.6 Å². The summed E-state index contributed by atoms with van der Waals surface area (Å²) in [4.78, 5) is 57.6. The lowest BCUT2D eigenvalue weighted by molar-refractivity contribution is -0.141. The van der Waals surface area contributed by atoms with Crippen LogP contribution in [0.5, 0.6) is 0 Å². The van der Waals surface area contributed by atoms with Gasteiger partial charge in [-0.2, -0.15) is 0 Å². The number of rotatable bonds is 6. The Labute approximate surface area is 200 Å². The van der Waals surface area contributed by atoms with Crippen LogP contribution >= 0.6 is 0 Å². The molecule has 2 aliphatic rings. The molecule has 0 N–H and O–H groups in total. The summed E-state index contributed by atoms with van der Waals surface area (Å²) in [6.07, 6.45) is 5.84. The van der Waals surface area contributed by atoms with Crippen LogP contribution in [0.15, 0.2) is 18.2 Å². The Hall–Kier alpha value is -2.97. The van der Waals surface area contributed by atoms with E-state index in [9.17, 15) is 19.2 Å². The molecular weight excluding hydrogens is 438 g/mol. The van der Waals surface area contributed by atoms with E-state index in [1.165, 1.54) is 18.2 Å². The standard InChI is InChI=1S/C25H35N3O6/c1-16-8-5-9-17(2)27(16)22(29)14-33-24(31)20-12-7-13-21(26-20)25(32)34-15-23(30)28-18(3)10-6-11-19(28)4/h7,12-13,16-19H,5-6,8-11,14-15H2,1-4H3. The molecule has 9 nitrogen and oxygen atoms in total.